The standard InChI is InChI=1S/C10H10N2O4/c13-9(14)7-5-6-3-1-2-4-8(10(15)16)12(6)11-7/h1-3,5,8,11H,4H2,(H,13,14)(H,15,16). The van der Waals surface area contributed by atoms with Gasteiger partial charge in [0, 0.05) is 0 Å². The number of carboxylic acids is 2. The van der Waals surface area contributed by atoms with Gasteiger partial charge in [0.1, 0.15) is 5.70 Å². The summed E-state index contributed by atoms with van der Waals surface area (Å²) in [5.41, 5.74) is 3.09. The number of hydrazine groups is 1. The van der Waals surface area contributed by atoms with Crippen LogP contribution in [0.15, 0.2) is 35.7 Å². The van der Waals surface area contributed by atoms with Gasteiger partial charge in [0.15, 0.2) is 6.04 Å². The molecule has 0 fully saturated rings. The summed E-state index contributed by atoms with van der Waals surface area (Å²) in [7, 11) is 0. The third kappa shape index (κ3) is 1.65. The minimum atomic E-state index is -1.11. The highest BCUT2D eigenvalue weighted by Crippen LogP contribution is 2.22. The summed E-state index contributed by atoms with van der Waals surface area (Å²) in [4.78, 5) is 21.8. The van der Waals surface area contributed by atoms with Crippen LogP contribution in [-0.2, 0) is 9.59 Å². The molecule has 2 aliphatic heterocycles. The first kappa shape index (κ1) is 10.3. The molecule has 6 nitrogen and oxygen atoms in total. The van der Waals surface area contributed by atoms with Gasteiger partial charge in [0.2, 0.25) is 0 Å². The van der Waals surface area contributed by atoms with Crippen LogP contribution >= 0.6 is 0 Å². The van der Waals surface area contributed by atoms with E-state index in [0.717, 1.165) is 0 Å². The normalized spacial score (nSPS) is 22.8. The van der Waals surface area contributed by atoms with Gasteiger partial charge in [-0.1, -0.05) is 12.2 Å². The van der Waals surface area contributed by atoms with Crippen LogP contribution in [0.1, 0.15) is 6.42 Å². The van der Waals surface area contributed by atoms with Gasteiger partial charge in [-0.2, -0.15) is 0 Å². The minimum Gasteiger partial charge on any atom is -0.480 e. The highest BCUT2D eigenvalue weighted by Gasteiger charge is 2.32. The molecule has 6 heteroatoms. The molecule has 2 aliphatic rings. The van der Waals surface area contributed by atoms with E-state index in [9.17, 15) is 9.59 Å². The highest BCUT2D eigenvalue weighted by molar-refractivity contribution is 5.87. The SMILES string of the molecule is O=C(O)C1=CC2=CC=CCC(C(=O)O)N2N1. The van der Waals surface area contributed by atoms with Gasteiger partial charge in [0.05, 0.1) is 5.70 Å². The summed E-state index contributed by atoms with van der Waals surface area (Å²) in [6.07, 6.45) is 6.86. The maximum absolute atomic E-state index is 11.0. The molecule has 84 valence electrons. The molecule has 2 rings (SSSR count). The highest BCUT2D eigenvalue weighted by atomic mass is 16.4. The zero-order valence-electron chi connectivity index (χ0n) is 8.25. The van der Waals surface area contributed by atoms with Crippen LogP contribution in [0, 0.1) is 0 Å². The Labute approximate surface area is 91.1 Å². The van der Waals surface area contributed by atoms with Crippen LogP contribution in [0.4, 0.5) is 0 Å². The first-order valence-corrected chi connectivity index (χ1v) is 4.70. The van der Waals surface area contributed by atoms with E-state index in [-0.39, 0.29) is 5.70 Å². The van der Waals surface area contributed by atoms with Gasteiger partial charge in [-0.05, 0) is 18.6 Å². The summed E-state index contributed by atoms with van der Waals surface area (Å²) in [5.74, 6) is -2.10. The third-order valence-corrected chi connectivity index (χ3v) is 2.40. The van der Waals surface area contributed by atoms with Crippen molar-refractivity contribution in [3.05, 3.63) is 35.7 Å². The monoisotopic (exact) mass is 222 g/mol. The van der Waals surface area contributed by atoms with Crippen molar-refractivity contribution in [2.75, 3.05) is 0 Å². The molecule has 16 heavy (non-hydrogen) atoms. The molecule has 0 aromatic heterocycles. The average molecular weight is 222 g/mol. The molecule has 2 heterocycles. The number of rotatable bonds is 2. The Kier molecular flexibility index (Phi) is 2.40. The van der Waals surface area contributed by atoms with Crippen molar-refractivity contribution < 1.29 is 19.8 Å². The van der Waals surface area contributed by atoms with Crippen LogP contribution in [0.3, 0.4) is 0 Å². The van der Waals surface area contributed by atoms with Crippen molar-refractivity contribution in [1.82, 2.24) is 10.4 Å². The van der Waals surface area contributed by atoms with Crippen LogP contribution in [-0.4, -0.2) is 33.2 Å². The number of carbonyl (C=O) groups is 2. The van der Waals surface area contributed by atoms with Crippen molar-refractivity contribution >= 4 is 11.9 Å². The lowest BCUT2D eigenvalue weighted by atomic mass is 10.2. The number of nitrogens with one attached hydrogen (secondary N) is 1. The lowest BCUT2D eigenvalue weighted by Crippen LogP contribution is -2.45. The maximum atomic E-state index is 11.0. The van der Waals surface area contributed by atoms with Gasteiger partial charge in [0.25, 0.3) is 0 Å². The molecule has 1 atom stereocenters. The van der Waals surface area contributed by atoms with Crippen molar-refractivity contribution in [2.24, 2.45) is 0 Å². The lowest BCUT2D eigenvalue weighted by molar-refractivity contribution is -0.143. The van der Waals surface area contributed by atoms with Crippen LogP contribution in [0.5, 0.6) is 0 Å². The fourth-order valence-electron chi connectivity index (χ4n) is 1.63. The average Bonchev–Trinajstić information content (AvgIpc) is 2.52. The Morgan fingerprint density at radius 1 is 1.44 bits per heavy atom. The van der Waals surface area contributed by atoms with E-state index in [4.69, 9.17) is 10.2 Å². The Balaban J connectivity index is 2.31. The molecule has 0 aromatic carbocycles. The van der Waals surface area contributed by atoms with E-state index in [0.29, 0.717) is 12.1 Å². The number of aliphatic carboxylic acids is 2. The fraction of sp³-hybridized carbons (Fsp3) is 0.200. The van der Waals surface area contributed by atoms with E-state index >= 15 is 0 Å². The lowest BCUT2D eigenvalue weighted by Gasteiger charge is -2.26. The first-order chi connectivity index (χ1) is 7.59. The van der Waals surface area contributed by atoms with Gasteiger partial charge in [-0.3, -0.25) is 10.4 Å². The van der Waals surface area contributed by atoms with Crippen LogP contribution in [0.2, 0.25) is 0 Å². The van der Waals surface area contributed by atoms with E-state index < -0.39 is 18.0 Å². The molecular formula is C10H10N2O4. The largest absolute Gasteiger partial charge is 0.480 e. The van der Waals surface area contributed by atoms with Gasteiger partial charge < -0.3 is 10.2 Å². The maximum Gasteiger partial charge on any atom is 0.353 e. The Hall–Kier alpha value is -2.24. The van der Waals surface area contributed by atoms with Crippen molar-refractivity contribution in [2.45, 2.75) is 12.5 Å². The number of allylic oxidation sites excluding steroid dienone is 3. The summed E-state index contributed by atoms with van der Waals surface area (Å²) in [5, 5.41) is 19.2. The van der Waals surface area contributed by atoms with E-state index in [1.54, 1.807) is 18.2 Å². The minimum absolute atomic E-state index is 0.0206. The molecule has 0 radical (unpaired) electrons. The van der Waals surface area contributed by atoms with E-state index in [1.165, 1.54) is 11.1 Å². The molecule has 0 bridgehead atoms. The molecule has 0 aromatic rings. The van der Waals surface area contributed by atoms with Gasteiger partial charge in [-0.15, -0.1) is 0 Å². The number of nitrogens with zero attached hydrogens (tertiary/aromatic N) is 1. The van der Waals surface area contributed by atoms with Crippen LogP contribution < -0.4 is 5.43 Å². The second-order valence-corrected chi connectivity index (χ2v) is 3.45. The summed E-state index contributed by atoms with van der Waals surface area (Å²) >= 11 is 0. The van der Waals surface area contributed by atoms with E-state index in [1.807, 2.05) is 0 Å². The second kappa shape index (κ2) is 3.73. The number of fused-ring (bicyclic) bond motifs is 1. The third-order valence-electron chi connectivity index (χ3n) is 2.40. The second-order valence-electron chi connectivity index (χ2n) is 3.45. The molecule has 0 spiro atoms. The summed E-state index contributed by atoms with van der Waals surface area (Å²) in [6, 6.07) is -0.793. The molecule has 0 aliphatic carbocycles. The number of hydrogen-bond acceptors (Lipinski definition) is 4. The molecule has 0 saturated heterocycles. The topological polar surface area (TPSA) is 89.9 Å². The summed E-state index contributed by atoms with van der Waals surface area (Å²) < 4.78 is 0. The molecular weight excluding hydrogens is 212 g/mol. The Morgan fingerprint density at radius 2 is 2.19 bits per heavy atom. The zero-order chi connectivity index (χ0) is 11.7. The predicted octanol–water partition coefficient (Wildman–Crippen LogP) is 0.0721. The van der Waals surface area contributed by atoms with Crippen molar-refractivity contribution in [3.8, 4) is 0 Å². The Morgan fingerprint density at radius 3 is 2.81 bits per heavy atom. The fourth-order valence-corrected chi connectivity index (χ4v) is 1.63. The van der Waals surface area contributed by atoms with Crippen molar-refractivity contribution in [3.63, 3.8) is 0 Å². The smallest absolute Gasteiger partial charge is 0.353 e. The Bertz CT molecular complexity index is 436. The van der Waals surface area contributed by atoms with E-state index in [2.05, 4.69) is 5.43 Å². The number of hydrogen-bond donors (Lipinski definition) is 3. The zero-order valence-corrected chi connectivity index (χ0v) is 8.25. The molecule has 0 amide bonds. The molecule has 0 saturated carbocycles. The van der Waals surface area contributed by atoms with Crippen molar-refractivity contribution in [1.29, 1.82) is 0 Å². The van der Waals surface area contributed by atoms with Crippen LogP contribution in [0.25, 0.3) is 0 Å². The molecule has 3 N–H and O–H groups in total. The van der Waals surface area contributed by atoms with Gasteiger partial charge in [-0.25, -0.2) is 9.59 Å². The number of carboxylic acid groups (broad SMARTS) is 2. The quantitative estimate of drug-likeness (QED) is 0.612. The van der Waals surface area contributed by atoms with Gasteiger partial charge >= 0.3 is 11.9 Å². The molecule has 1 unspecified atom stereocenters. The predicted molar refractivity (Wildman–Crippen MR) is 54.0 cm³/mol. The first-order valence-electron chi connectivity index (χ1n) is 4.70. The summed E-state index contributed by atoms with van der Waals surface area (Å²) in [6.45, 7) is 0.